The summed E-state index contributed by atoms with van der Waals surface area (Å²) in [6.07, 6.45) is 2.14. The van der Waals surface area contributed by atoms with Gasteiger partial charge >= 0.3 is 0 Å². The molecule has 0 aromatic carbocycles. The van der Waals surface area contributed by atoms with Gasteiger partial charge < -0.3 is 11.1 Å². The average Bonchev–Trinajstić information content (AvgIpc) is 2.08. The summed E-state index contributed by atoms with van der Waals surface area (Å²) in [7, 11) is 0. The molecule has 0 aromatic heterocycles. The van der Waals surface area contributed by atoms with Crippen LogP contribution in [-0.2, 0) is 4.79 Å². The van der Waals surface area contributed by atoms with Crippen LogP contribution >= 0.6 is 0 Å². The molecule has 0 aromatic rings. The van der Waals surface area contributed by atoms with E-state index in [9.17, 15) is 4.79 Å². The maximum absolute atomic E-state index is 10.5. The molecule has 0 unspecified atom stereocenters. The van der Waals surface area contributed by atoms with Crippen LogP contribution in [0.1, 0.15) is 33.6 Å². The number of rotatable bonds is 4. The lowest BCUT2D eigenvalue weighted by Gasteiger charge is -1.99. The van der Waals surface area contributed by atoms with Crippen molar-refractivity contribution in [2.45, 2.75) is 33.6 Å². The van der Waals surface area contributed by atoms with E-state index in [4.69, 9.17) is 5.73 Å². The fraction of sp³-hybridized carbons (Fsp3) is 0.875. The Balaban J connectivity index is 0. The van der Waals surface area contributed by atoms with Crippen LogP contribution in [0, 0.1) is 0 Å². The molecule has 0 atom stereocenters. The minimum absolute atomic E-state index is 0.0662. The first-order valence-corrected chi connectivity index (χ1v) is 4.28. The minimum Gasteiger partial charge on any atom is -0.355 e. The molecular formula is C8H20N2O. The highest BCUT2D eigenvalue weighted by Crippen LogP contribution is 1.80. The normalized spacial score (nSPS) is 8.00. The Morgan fingerprint density at radius 2 is 2.00 bits per heavy atom. The van der Waals surface area contributed by atoms with Gasteiger partial charge in [0.05, 0.1) is 6.54 Å². The number of nitrogens with one attached hydrogen (secondary N) is 1. The van der Waals surface area contributed by atoms with Crippen LogP contribution in [-0.4, -0.2) is 19.0 Å². The van der Waals surface area contributed by atoms with Crippen LogP contribution in [0.2, 0.25) is 0 Å². The lowest BCUT2D eigenvalue weighted by Crippen LogP contribution is -2.30. The largest absolute Gasteiger partial charge is 0.355 e. The van der Waals surface area contributed by atoms with E-state index in [0.29, 0.717) is 0 Å². The molecule has 0 saturated heterocycles. The van der Waals surface area contributed by atoms with Crippen molar-refractivity contribution in [3.05, 3.63) is 0 Å². The predicted molar refractivity (Wildman–Crippen MR) is 48.3 cm³/mol. The topological polar surface area (TPSA) is 55.1 Å². The van der Waals surface area contributed by atoms with Crippen LogP contribution in [0.5, 0.6) is 0 Å². The third-order valence-corrected chi connectivity index (χ3v) is 1.04. The van der Waals surface area contributed by atoms with Gasteiger partial charge in [-0.05, 0) is 6.42 Å². The van der Waals surface area contributed by atoms with Gasteiger partial charge in [-0.3, -0.25) is 4.79 Å². The minimum atomic E-state index is -0.0662. The lowest BCUT2D eigenvalue weighted by molar-refractivity contribution is -0.119. The molecule has 0 heterocycles. The molecule has 0 aliphatic carbocycles. The number of hydrogen-bond donors (Lipinski definition) is 2. The molecule has 0 fully saturated rings. The standard InChI is InChI=1S/C6H14N2O.C2H6/c1-2-3-4-8-6(9)5-7;1-2/h2-5,7H2,1H3,(H,8,9);1-2H3. The quantitative estimate of drug-likeness (QED) is 0.600. The molecule has 68 valence electrons. The van der Waals surface area contributed by atoms with Gasteiger partial charge in [0.25, 0.3) is 0 Å². The van der Waals surface area contributed by atoms with Gasteiger partial charge in [-0.2, -0.15) is 0 Å². The van der Waals surface area contributed by atoms with Gasteiger partial charge in [-0.1, -0.05) is 27.2 Å². The second-order valence-electron chi connectivity index (χ2n) is 1.91. The molecule has 3 nitrogen and oxygen atoms in total. The lowest BCUT2D eigenvalue weighted by atomic mass is 10.3. The van der Waals surface area contributed by atoms with Gasteiger partial charge in [0.1, 0.15) is 0 Å². The summed E-state index contributed by atoms with van der Waals surface area (Å²) >= 11 is 0. The van der Waals surface area contributed by atoms with E-state index in [0.717, 1.165) is 19.4 Å². The van der Waals surface area contributed by atoms with Crippen LogP contribution in [0.3, 0.4) is 0 Å². The smallest absolute Gasteiger partial charge is 0.233 e. The van der Waals surface area contributed by atoms with Crippen molar-refractivity contribution in [1.29, 1.82) is 0 Å². The molecular weight excluding hydrogens is 140 g/mol. The van der Waals surface area contributed by atoms with E-state index in [2.05, 4.69) is 12.2 Å². The maximum atomic E-state index is 10.5. The molecule has 0 spiro atoms. The summed E-state index contributed by atoms with van der Waals surface area (Å²) in [6, 6.07) is 0. The molecule has 11 heavy (non-hydrogen) atoms. The summed E-state index contributed by atoms with van der Waals surface area (Å²) in [6.45, 7) is 6.94. The zero-order valence-corrected chi connectivity index (χ0v) is 7.81. The fourth-order valence-corrected chi connectivity index (χ4v) is 0.477. The van der Waals surface area contributed by atoms with Crippen LogP contribution in [0.15, 0.2) is 0 Å². The summed E-state index contributed by atoms with van der Waals surface area (Å²) in [5, 5.41) is 2.67. The van der Waals surface area contributed by atoms with Gasteiger partial charge in [0, 0.05) is 6.54 Å². The molecule has 0 radical (unpaired) electrons. The van der Waals surface area contributed by atoms with Gasteiger partial charge in [0.2, 0.25) is 5.91 Å². The third-order valence-electron chi connectivity index (χ3n) is 1.04. The van der Waals surface area contributed by atoms with E-state index in [-0.39, 0.29) is 12.5 Å². The van der Waals surface area contributed by atoms with Crippen LogP contribution in [0.4, 0.5) is 0 Å². The highest BCUT2D eigenvalue weighted by atomic mass is 16.1. The Bertz CT molecular complexity index is 84.2. The SMILES string of the molecule is CC.CCCCNC(=O)CN. The molecule has 0 rings (SSSR count). The van der Waals surface area contributed by atoms with Gasteiger partial charge in [0.15, 0.2) is 0 Å². The number of unbranched alkanes of at least 4 members (excludes halogenated alkanes) is 1. The Kier molecular flexibility index (Phi) is 14.4. The van der Waals surface area contributed by atoms with Crippen molar-refractivity contribution < 1.29 is 4.79 Å². The second kappa shape index (κ2) is 12.1. The van der Waals surface area contributed by atoms with Crippen molar-refractivity contribution in [3.8, 4) is 0 Å². The fourth-order valence-electron chi connectivity index (χ4n) is 0.477. The number of carbonyl (C=O) groups excluding carboxylic acids is 1. The van der Waals surface area contributed by atoms with Crippen molar-refractivity contribution in [3.63, 3.8) is 0 Å². The van der Waals surface area contributed by atoms with Crippen molar-refractivity contribution in [2.24, 2.45) is 5.73 Å². The van der Waals surface area contributed by atoms with Crippen LogP contribution < -0.4 is 11.1 Å². The Hall–Kier alpha value is -0.570. The summed E-state index contributed by atoms with van der Waals surface area (Å²) in [5.74, 6) is -0.0662. The highest BCUT2D eigenvalue weighted by molar-refractivity contribution is 5.77. The van der Waals surface area contributed by atoms with Gasteiger partial charge in [-0.25, -0.2) is 0 Å². The van der Waals surface area contributed by atoms with Crippen molar-refractivity contribution in [2.75, 3.05) is 13.1 Å². The van der Waals surface area contributed by atoms with Gasteiger partial charge in [-0.15, -0.1) is 0 Å². The Morgan fingerprint density at radius 1 is 1.45 bits per heavy atom. The summed E-state index contributed by atoms with van der Waals surface area (Å²) in [4.78, 5) is 10.5. The van der Waals surface area contributed by atoms with E-state index in [1.54, 1.807) is 0 Å². The first kappa shape index (κ1) is 13.1. The van der Waals surface area contributed by atoms with E-state index >= 15 is 0 Å². The van der Waals surface area contributed by atoms with E-state index in [1.807, 2.05) is 13.8 Å². The number of amides is 1. The Labute approximate surface area is 69.4 Å². The summed E-state index contributed by atoms with van der Waals surface area (Å²) in [5.41, 5.74) is 5.04. The van der Waals surface area contributed by atoms with E-state index in [1.165, 1.54) is 0 Å². The summed E-state index contributed by atoms with van der Waals surface area (Å²) < 4.78 is 0. The molecule has 0 aliphatic rings. The molecule has 0 bridgehead atoms. The average molecular weight is 160 g/mol. The monoisotopic (exact) mass is 160 g/mol. The van der Waals surface area contributed by atoms with Crippen LogP contribution in [0.25, 0.3) is 0 Å². The zero-order chi connectivity index (χ0) is 9.11. The second-order valence-corrected chi connectivity index (χ2v) is 1.91. The number of carbonyl (C=O) groups is 1. The number of hydrogen-bond acceptors (Lipinski definition) is 2. The van der Waals surface area contributed by atoms with Crippen molar-refractivity contribution >= 4 is 5.91 Å². The maximum Gasteiger partial charge on any atom is 0.233 e. The Morgan fingerprint density at radius 3 is 2.36 bits per heavy atom. The first-order valence-electron chi connectivity index (χ1n) is 4.28. The number of nitrogens with two attached hydrogens (primary N) is 1. The van der Waals surface area contributed by atoms with E-state index < -0.39 is 0 Å². The molecule has 1 amide bonds. The third kappa shape index (κ3) is 12.6. The molecule has 3 N–H and O–H groups in total. The molecule has 3 heteroatoms. The predicted octanol–water partition coefficient (Wildman–Crippen LogP) is 0.888. The zero-order valence-electron chi connectivity index (χ0n) is 7.81. The highest BCUT2D eigenvalue weighted by Gasteiger charge is 1.92. The van der Waals surface area contributed by atoms with Crippen molar-refractivity contribution in [1.82, 2.24) is 5.32 Å². The molecule has 0 saturated carbocycles. The first-order chi connectivity index (χ1) is 5.31. The molecule has 0 aliphatic heterocycles.